The Morgan fingerprint density at radius 2 is 1.96 bits per heavy atom. The summed E-state index contributed by atoms with van der Waals surface area (Å²) >= 11 is 0. The van der Waals surface area contributed by atoms with Crippen LogP contribution in [0.2, 0.25) is 0 Å². The lowest BCUT2D eigenvalue weighted by molar-refractivity contribution is 0.482. The highest BCUT2D eigenvalue weighted by atomic mass is 16.3. The van der Waals surface area contributed by atoms with Crippen molar-refractivity contribution in [2.24, 2.45) is 11.8 Å². The van der Waals surface area contributed by atoms with E-state index in [-0.39, 0.29) is 0 Å². The van der Waals surface area contributed by atoms with E-state index in [1.54, 1.807) is 10.4 Å². The molecule has 0 spiro atoms. The number of aromatic nitrogens is 6. The summed E-state index contributed by atoms with van der Waals surface area (Å²) in [7, 11) is 0. The van der Waals surface area contributed by atoms with Crippen LogP contribution in [-0.4, -0.2) is 30.0 Å². The molecule has 7 nitrogen and oxygen atoms in total. The van der Waals surface area contributed by atoms with E-state index in [2.05, 4.69) is 55.2 Å². The van der Waals surface area contributed by atoms with Gasteiger partial charge in [-0.3, -0.25) is 0 Å². The van der Waals surface area contributed by atoms with E-state index in [1.165, 1.54) is 25.0 Å². The lowest BCUT2D eigenvalue weighted by atomic mass is 9.86. The first-order valence-electron chi connectivity index (χ1n) is 16.1. The van der Waals surface area contributed by atoms with Gasteiger partial charge >= 0.3 is 0 Å². The van der Waals surface area contributed by atoms with Crippen molar-refractivity contribution in [1.29, 1.82) is 0 Å². The number of allylic oxidation sites excluding steroid dienone is 9. The summed E-state index contributed by atoms with van der Waals surface area (Å²) in [6.07, 6.45) is 25.7. The molecule has 0 bridgehead atoms. The molecule has 0 amide bonds. The first kappa shape index (κ1) is 26.4. The zero-order valence-electron chi connectivity index (χ0n) is 25.4. The first-order chi connectivity index (χ1) is 22.1. The highest BCUT2D eigenvalue weighted by molar-refractivity contribution is 5.90. The predicted octanol–water partition coefficient (Wildman–Crippen LogP) is 6.58. The molecule has 3 heterocycles. The van der Waals surface area contributed by atoms with Crippen LogP contribution in [0.3, 0.4) is 0 Å². The van der Waals surface area contributed by atoms with E-state index in [0.29, 0.717) is 17.8 Å². The fraction of sp³-hybridized carbons (Fsp3) is 0.263. The van der Waals surface area contributed by atoms with Crippen LogP contribution in [0.15, 0.2) is 82.9 Å². The maximum Gasteiger partial charge on any atom is 0.137 e. The van der Waals surface area contributed by atoms with E-state index in [4.69, 9.17) is 24.8 Å². The van der Waals surface area contributed by atoms with Gasteiger partial charge in [-0.15, -0.1) is 10.2 Å². The molecule has 4 aliphatic rings. The average molecular weight is 591 g/mol. The summed E-state index contributed by atoms with van der Waals surface area (Å²) in [5, 5.41) is 22.8. The van der Waals surface area contributed by atoms with Crippen molar-refractivity contribution in [2.75, 3.05) is 0 Å². The Hall–Kier alpha value is -5.04. The summed E-state index contributed by atoms with van der Waals surface area (Å²) < 4.78 is 6.51. The quantitative estimate of drug-likeness (QED) is 0.222. The van der Waals surface area contributed by atoms with Crippen molar-refractivity contribution >= 4 is 46.4 Å². The molecule has 1 saturated carbocycles. The molecule has 0 N–H and O–H groups in total. The number of hydrogen-bond acceptors (Lipinski definition) is 5. The van der Waals surface area contributed by atoms with Crippen LogP contribution in [-0.2, 0) is 12.8 Å². The van der Waals surface area contributed by atoms with Crippen LogP contribution in [0.4, 0.5) is 0 Å². The lowest BCUT2D eigenvalue weighted by Crippen LogP contribution is -2.23. The molecule has 3 aromatic heterocycles. The smallest absolute Gasteiger partial charge is 0.137 e. The standard InChI is InChI=1S/C38H34N6O/c1-3-4-12-27-23(2)15-18-33-37(27)41-43(39-33)25-11-9-14-29-30-17-16-26(21-36(30)45-35(29)20-25)44-40-34-19-24-10-7-5-6-8-13-28(24)31-22-32(31)38(34)42-44/h3-6,9-12,15-18,20-21,28,31-32H,2,7-8,13-14,19,22H2,1H3/b4-3-,6-5-,24-10-,27-12+. The summed E-state index contributed by atoms with van der Waals surface area (Å²) in [4.78, 5) is 3.52. The number of fused-ring (bicyclic) bond motifs is 9. The van der Waals surface area contributed by atoms with Crippen molar-refractivity contribution in [3.63, 3.8) is 0 Å². The summed E-state index contributed by atoms with van der Waals surface area (Å²) in [6.45, 7) is 6.19. The van der Waals surface area contributed by atoms with E-state index in [1.807, 2.05) is 48.2 Å². The Balaban J connectivity index is 1.07. The van der Waals surface area contributed by atoms with Gasteiger partial charge in [0.05, 0.1) is 22.8 Å². The third-order valence-electron chi connectivity index (χ3n) is 9.89. The van der Waals surface area contributed by atoms with Gasteiger partial charge in [-0.25, -0.2) is 0 Å². The minimum absolute atomic E-state index is 0.539. The van der Waals surface area contributed by atoms with Crippen molar-refractivity contribution in [3.05, 3.63) is 112 Å². The zero-order valence-corrected chi connectivity index (χ0v) is 25.4. The molecule has 7 heteroatoms. The van der Waals surface area contributed by atoms with E-state index in [0.717, 1.165) is 80.1 Å². The van der Waals surface area contributed by atoms with Crippen LogP contribution in [0, 0.1) is 11.8 Å². The minimum atomic E-state index is 0.539. The molecule has 9 rings (SSSR count). The third-order valence-corrected chi connectivity index (χ3v) is 9.89. The van der Waals surface area contributed by atoms with Gasteiger partial charge in [-0.05, 0) is 80.4 Å². The molecule has 0 aliphatic heterocycles. The molecule has 45 heavy (non-hydrogen) atoms. The second kappa shape index (κ2) is 10.3. The minimum Gasteiger partial charge on any atom is -0.456 e. The highest BCUT2D eigenvalue weighted by Crippen LogP contribution is 2.57. The summed E-state index contributed by atoms with van der Waals surface area (Å²) in [5.74, 6) is 2.76. The normalized spacial score (nSPS) is 24.6. The van der Waals surface area contributed by atoms with Crippen molar-refractivity contribution < 1.29 is 4.42 Å². The van der Waals surface area contributed by atoms with Gasteiger partial charge in [0.25, 0.3) is 0 Å². The number of nitrogens with zero attached hydrogens (tertiary/aromatic N) is 6. The van der Waals surface area contributed by atoms with Crippen LogP contribution in [0.25, 0.3) is 52.1 Å². The van der Waals surface area contributed by atoms with Crippen LogP contribution in [0.5, 0.6) is 0 Å². The third kappa shape index (κ3) is 4.40. The average Bonchev–Trinajstić information content (AvgIpc) is 3.44. The van der Waals surface area contributed by atoms with Crippen molar-refractivity contribution in [1.82, 2.24) is 30.0 Å². The SMILES string of the molecule is C=c1ccc2nn(C3=Cc4oc5cc(-n6nc7c(n6)C6CC6C6CC/C=C\C/C=C\6C7)ccc5c4CC=C3)nc2/c1=C/C=C\C. The molecule has 1 fully saturated rings. The second-order valence-corrected chi connectivity index (χ2v) is 12.7. The van der Waals surface area contributed by atoms with Gasteiger partial charge in [-0.2, -0.15) is 19.8 Å². The molecule has 222 valence electrons. The maximum atomic E-state index is 6.51. The molecule has 3 atom stereocenters. The molecular formula is C38H34N6O. The van der Waals surface area contributed by atoms with E-state index >= 15 is 0 Å². The predicted molar refractivity (Wildman–Crippen MR) is 179 cm³/mol. The molecule has 2 aromatic carbocycles. The summed E-state index contributed by atoms with van der Waals surface area (Å²) in [5.41, 5.74) is 9.33. The Kier molecular flexibility index (Phi) is 6.01. The zero-order chi connectivity index (χ0) is 30.1. The molecule has 4 aliphatic carbocycles. The Labute approximate surface area is 260 Å². The molecule has 5 aromatic rings. The maximum absolute atomic E-state index is 6.51. The molecular weight excluding hydrogens is 556 g/mol. The lowest BCUT2D eigenvalue weighted by Gasteiger charge is -2.19. The molecule has 0 radical (unpaired) electrons. The second-order valence-electron chi connectivity index (χ2n) is 12.7. The van der Waals surface area contributed by atoms with Gasteiger partial charge in [-0.1, -0.05) is 60.8 Å². The first-order valence-corrected chi connectivity index (χ1v) is 16.1. The summed E-state index contributed by atoms with van der Waals surface area (Å²) in [6, 6.07) is 10.3. The fourth-order valence-electron chi connectivity index (χ4n) is 7.53. The van der Waals surface area contributed by atoms with Gasteiger partial charge in [0.2, 0.25) is 0 Å². The Morgan fingerprint density at radius 3 is 2.89 bits per heavy atom. The van der Waals surface area contributed by atoms with Gasteiger partial charge in [0, 0.05) is 40.6 Å². The molecule has 3 unspecified atom stereocenters. The van der Waals surface area contributed by atoms with E-state index in [9.17, 15) is 0 Å². The topological polar surface area (TPSA) is 74.6 Å². The fourth-order valence-corrected chi connectivity index (χ4v) is 7.53. The number of rotatable bonds is 3. The largest absolute Gasteiger partial charge is 0.456 e. The van der Waals surface area contributed by atoms with Gasteiger partial charge < -0.3 is 4.42 Å². The number of benzene rings is 2. The molecule has 0 saturated heterocycles. The van der Waals surface area contributed by atoms with Gasteiger partial charge in [0.1, 0.15) is 22.4 Å². The van der Waals surface area contributed by atoms with Crippen LogP contribution < -0.4 is 10.4 Å². The highest BCUT2D eigenvalue weighted by Gasteiger charge is 2.49. The number of hydrogen-bond donors (Lipinski definition) is 0. The Bertz CT molecular complexity index is 2290. The van der Waals surface area contributed by atoms with E-state index < -0.39 is 0 Å². The number of furan rings is 1. The monoisotopic (exact) mass is 590 g/mol. The Morgan fingerprint density at radius 1 is 1.00 bits per heavy atom. The van der Waals surface area contributed by atoms with Crippen LogP contribution in [0.1, 0.15) is 61.2 Å². The van der Waals surface area contributed by atoms with Crippen molar-refractivity contribution in [3.8, 4) is 5.69 Å². The van der Waals surface area contributed by atoms with Crippen molar-refractivity contribution in [2.45, 2.75) is 51.4 Å². The van der Waals surface area contributed by atoms with Gasteiger partial charge in [0.15, 0.2) is 0 Å². The van der Waals surface area contributed by atoms with Crippen LogP contribution >= 0.6 is 0 Å².